The smallest absolute Gasteiger partial charge is 0.194 e. The maximum atomic E-state index is 13.6. The molecule has 0 aliphatic heterocycles. The van der Waals surface area contributed by atoms with E-state index in [1.54, 1.807) is 12.1 Å². The second-order valence-corrected chi connectivity index (χ2v) is 10.9. The van der Waals surface area contributed by atoms with E-state index in [1.807, 2.05) is 42.5 Å². The van der Waals surface area contributed by atoms with E-state index in [2.05, 4.69) is 28.1 Å². The van der Waals surface area contributed by atoms with Gasteiger partial charge in [0, 0.05) is 52.2 Å². The van der Waals surface area contributed by atoms with Crippen LogP contribution in [0.15, 0.2) is 80.8 Å². The monoisotopic (exact) mass is 552 g/mol. The number of rotatable bonds is 0. The van der Waals surface area contributed by atoms with Crippen molar-refractivity contribution in [2.75, 3.05) is 0 Å². The summed E-state index contributed by atoms with van der Waals surface area (Å²) in [5.74, 6) is 0. The van der Waals surface area contributed by atoms with Gasteiger partial charge < -0.3 is 0 Å². The second kappa shape index (κ2) is 6.50. The van der Waals surface area contributed by atoms with Gasteiger partial charge in [0.2, 0.25) is 0 Å². The van der Waals surface area contributed by atoms with Crippen molar-refractivity contribution in [2.45, 2.75) is 0 Å². The Bertz CT molecular complexity index is 2340. The molecule has 0 atom stereocenters. The molecule has 0 aliphatic carbocycles. The Hall–Kier alpha value is -3.24. The SMILES string of the molecule is O=c1c2cc(Cl)ccc2c2cc3ccc4c(=O)c5cc(Cl)cc(Br)c5c5cc6ccc1c2c6c3c45. The third-order valence-corrected chi connectivity index (χ3v) is 8.52. The molecular formula is C30H11BrCl2O2. The van der Waals surface area contributed by atoms with Gasteiger partial charge in [0.05, 0.1) is 0 Å². The minimum Gasteiger partial charge on any atom is -0.289 e. The van der Waals surface area contributed by atoms with Gasteiger partial charge in [-0.2, -0.15) is 0 Å². The minimum absolute atomic E-state index is 0.0284. The molecule has 0 amide bonds. The zero-order chi connectivity index (χ0) is 23.7. The number of halogens is 3. The van der Waals surface area contributed by atoms with Gasteiger partial charge in [-0.25, -0.2) is 0 Å². The lowest BCUT2D eigenvalue weighted by Crippen LogP contribution is -2.06. The van der Waals surface area contributed by atoms with Crippen LogP contribution in [0.5, 0.6) is 0 Å². The fourth-order valence-corrected chi connectivity index (χ4v) is 7.27. The van der Waals surface area contributed by atoms with Gasteiger partial charge in [0.1, 0.15) is 0 Å². The van der Waals surface area contributed by atoms with Crippen LogP contribution in [-0.4, -0.2) is 0 Å². The molecule has 8 aromatic carbocycles. The number of hydrogen-bond acceptors (Lipinski definition) is 2. The molecule has 35 heavy (non-hydrogen) atoms. The summed E-state index contributed by atoms with van der Waals surface area (Å²) >= 11 is 16.2. The van der Waals surface area contributed by atoms with Crippen LogP contribution in [0.1, 0.15) is 0 Å². The van der Waals surface area contributed by atoms with Crippen LogP contribution in [0.3, 0.4) is 0 Å². The summed E-state index contributed by atoms with van der Waals surface area (Å²) in [6.45, 7) is 0. The van der Waals surface area contributed by atoms with Crippen LogP contribution in [0.2, 0.25) is 10.0 Å². The van der Waals surface area contributed by atoms with Gasteiger partial charge in [-0.05, 0) is 86.2 Å². The van der Waals surface area contributed by atoms with E-state index in [0.717, 1.165) is 58.3 Å². The lowest BCUT2D eigenvalue weighted by atomic mass is 9.84. The first-order valence-corrected chi connectivity index (χ1v) is 12.6. The first kappa shape index (κ1) is 20.0. The van der Waals surface area contributed by atoms with Crippen LogP contribution in [-0.2, 0) is 0 Å². The third-order valence-electron chi connectivity index (χ3n) is 7.44. The lowest BCUT2D eigenvalue weighted by Gasteiger charge is -2.19. The summed E-state index contributed by atoms with van der Waals surface area (Å²) < 4.78 is 0.789. The molecule has 2 nitrogen and oxygen atoms in total. The molecule has 0 aromatic heterocycles. The maximum Gasteiger partial charge on any atom is 0.194 e. The molecular weight excluding hydrogens is 543 g/mol. The Kier molecular flexibility index (Phi) is 3.71. The molecule has 0 spiro atoms. The fraction of sp³-hybridized carbons (Fsp3) is 0. The topological polar surface area (TPSA) is 34.1 Å². The van der Waals surface area contributed by atoms with Crippen LogP contribution >= 0.6 is 39.1 Å². The highest BCUT2D eigenvalue weighted by atomic mass is 79.9. The molecule has 8 aromatic rings. The van der Waals surface area contributed by atoms with Crippen molar-refractivity contribution in [3.8, 4) is 0 Å². The largest absolute Gasteiger partial charge is 0.289 e. The average Bonchev–Trinajstić information content (AvgIpc) is 2.84. The molecule has 0 unspecified atom stereocenters. The third kappa shape index (κ3) is 2.36. The molecule has 164 valence electrons. The highest BCUT2D eigenvalue weighted by Crippen LogP contribution is 2.46. The molecule has 0 fully saturated rings. The Morgan fingerprint density at radius 1 is 0.457 bits per heavy atom. The summed E-state index contributed by atoms with van der Waals surface area (Å²) in [6.07, 6.45) is 0. The molecule has 0 bridgehead atoms. The maximum absolute atomic E-state index is 13.6. The van der Waals surface area contributed by atoms with Gasteiger partial charge in [-0.15, -0.1) is 0 Å². The predicted octanol–water partition coefficient (Wildman–Crippen LogP) is 8.86. The summed E-state index contributed by atoms with van der Waals surface area (Å²) in [5.41, 5.74) is -0.0727. The molecule has 8 rings (SSSR count). The van der Waals surface area contributed by atoms with E-state index in [-0.39, 0.29) is 10.9 Å². The van der Waals surface area contributed by atoms with Gasteiger partial charge in [-0.3, -0.25) is 9.59 Å². The van der Waals surface area contributed by atoms with Crippen molar-refractivity contribution in [2.24, 2.45) is 0 Å². The van der Waals surface area contributed by atoms with Gasteiger partial charge in [0.15, 0.2) is 10.9 Å². The average molecular weight is 554 g/mol. The molecule has 0 saturated carbocycles. The standard InChI is InChI=1S/C30H11BrCl2O2/c31-23-11-15(33)10-22-26(23)21-8-13-2-4-17-27-19(16-6-3-14(32)9-20(16)29(17)34)7-12-1-5-18(30(22)35)28(21)25(12)24(13)27/h1-11H. The zero-order valence-corrected chi connectivity index (χ0v) is 20.9. The lowest BCUT2D eigenvalue weighted by molar-refractivity contribution is 1.70. The number of benzene rings is 8. The van der Waals surface area contributed by atoms with E-state index < -0.39 is 0 Å². The summed E-state index contributed by atoms with van der Waals surface area (Å²) in [6, 6.07) is 21.2. The molecule has 0 N–H and O–H groups in total. The number of fused-ring (bicyclic) bond motifs is 4. The molecule has 0 aliphatic rings. The highest BCUT2D eigenvalue weighted by molar-refractivity contribution is 9.10. The molecule has 0 radical (unpaired) electrons. The van der Waals surface area contributed by atoms with Crippen LogP contribution < -0.4 is 10.9 Å². The van der Waals surface area contributed by atoms with Crippen LogP contribution in [0, 0.1) is 0 Å². The first-order chi connectivity index (χ1) is 16.9. The highest BCUT2D eigenvalue weighted by Gasteiger charge is 2.22. The Labute approximate surface area is 215 Å². The first-order valence-electron chi connectivity index (χ1n) is 11.1. The summed E-state index contributed by atoms with van der Waals surface area (Å²) in [7, 11) is 0. The van der Waals surface area contributed by atoms with Crippen molar-refractivity contribution in [3.05, 3.63) is 102 Å². The summed E-state index contributed by atoms with van der Waals surface area (Å²) in [5, 5.41) is 13.3. The van der Waals surface area contributed by atoms with E-state index >= 15 is 0 Å². The van der Waals surface area contributed by atoms with Gasteiger partial charge in [-0.1, -0.05) is 57.3 Å². The molecule has 0 heterocycles. The normalized spacial score (nSPS) is 12.7. The Balaban J connectivity index is 1.76. The van der Waals surface area contributed by atoms with Crippen LogP contribution in [0.4, 0.5) is 0 Å². The quantitative estimate of drug-likeness (QED) is 0.139. The fourth-order valence-electron chi connectivity index (χ4n) is 6.08. The van der Waals surface area contributed by atoms with Crippen molar-refractivity contribution < 1.29 is 0 Å². The van der Waals surface area contributed by atoms with E-state index in [1.165, 1.54) is 0 Å². The molecule has 5 heteroatoms. The number of hydrogen-bond donors (Lipinski definition) is 0. The Morgan fingerprint density at radius 2 is 1.03 bits per heavy atom. The Morgan fingerprint density at radius 3 is 1.74 bits per heavy atom. The van der Waals surface area contributed by atoms with E-state index in [4.69, 9.17) is 23.2 Å². The van der Waals surface area contributed by atoms with Crippen molar-refractivity contribution in [1.29, 1.82) is 0 Å². The molecule has 0 saturated heterocycles. The van der Waals surface area contributed by atoms with Gasteiger partial charge in [0.25, 0.3) is 0 Å². The van der Waals surface area contributed by atoms with Crippen molar-refractivity contribution >= 4 is 115 Å². The van der Waals surface area contributed by atoms with E-state index in [0.29, 0.717) is 31.6 Å². The second-order valence-electron chi connectivity index (χ2n) is 9.18. The predicted molar refractivity (Wildman–Crippen MR) is 153 cm³/mol. The minimum atomic E-state index is -0.0442. The van der Waals surface area contributed by atoms with Gasteiger partial charge >= 0.3 is 0 Å². The van der Waals surface area contributed by atoms with Crippen LogP contribution in [0.25, 0.3) is 75.4 Å². The summed E-state index contributed by atoms with van der Waals surface area (Å²) in [4.78, 5) is 27.2. The van der Waals surface area contributed by atoms with Crippen molar-refractivity contribution in [3.63, 3.8) is 0 Å². The zero-order valence-electron chi connectivity index (χ0n) is 17.8. The van der Waals surface area contributed by atoms with E-state index in [9.17, 15) is 9.59 Å². The van der Waals surface area contributed by atoms with Crippen molar-refractivity contribution in [1.82, 2.24) is 0 Å².